The zero-order chi connectivity index (χ0) is 13.8. The summed E-state index contributed by atoms with van der Waals surface area (Å²) >= 11 is 0. The molecule has 1 aromatic carbocycles. The Bertz CT molecular complexity index is 456. The summed E-state index contributed by atoms with van der Waals surface area (Å²) in [5, 5.41) is 20.0. The molecule has 0 radical (unpaired) electrons. The minimum absolute atomic E-state index is 0.157. The second-order valence-corrected chi connectivity index (χ2v) is 4.80. The topological polar surface area (TPSA) is 69.9 Å². The zero-order valence-corrected chi connectivity index (χ0v) is 11.1. The molecular formula is C13H19N3O3. The third kappa shape index (κ3) is 3.21. The molecule has 1 N–H and O–H groups in total. The van der Waals surface area contributed by atoms with Crippen LogP contribution in [0.4, 0.5) is 11.4 Å². The number of benzene rings is 1. The van der Waals surface area contributed by atoms with Crippen LogP contribution in [0.25, 0.3) is 0 Å². The Hall–Kier alpha value is -1.66. The smallest absolute Gasteiger partial charge is 0.292 e. The molecule has 0 unspecified atom stereocenters. The van der Waals surface area contributed by atoms with E-state index < -0.39 is 0 Å². The Balaban J connectivity index is 2.14. The summed E-state index contributed by atoms with van der Waals surface area (Å²) in [5.41, 5.74) is 1.90. The van der Waals surface area contributed by atoms with Crippen molar-refractivity contribution >= 4 is 11.4 Å². The molecule has 1 aromatic rings. The quantitative estimate of drug-likeness (QED) is 0.650. The van der Waals surface area contributed by atoms with Crippen LogP contribution in [0.5, 0.6) is 0 Å². The fourth-order valence-electron chi connectivity index (χ4n) is 2.39. The van der Waals surface area contributed by atoms with Crippen molar-refractivity contribution in [3.05, 3.63) is 33.9 Å². The Morgan fingerprint density at radius 1 is 1.32 bits per heavy atom. The van der Waals surface area contributed by atoms with Crippen LogP contribution < -0.4 is 4.90 Å². The van der Waals surface area contributed by atoms with Gasteiger partial charge in [-0.15, -0.1) is 0 Å². The lowest BCUT2D eigenvalue weighted by Crippen LogP contribution is -2.47. The maximum absolute atomic E-state index is 11.1. The number of nitro benzene ring substituents is 1. The number of piperazine rings is 1. The van der Waals surface area contributed by atoms with Crippen LogP contribution in [0.3, 0.4) is 0 Å². The number of aliphatic hydroxyl groups is 1. The SMILES string of the molecule is Cc1ccc([N+](=O)[O-])c(N2CCN(CCO)CC2)c1. The molecule has 2 rings (SSSR count). The number of anilines is 1. The number of nitrogens with zero attached hydrogens (tertiary/aromatic N) is 3. The fourth-order valence-corrected chi connectivity index (χ4v) is 2.39. The summed E-state index contributed by atoms with van der Waals surface area (Å²) in [7, 11) is 0. The normalized spacial score (nSPS) is 16.6. The number of nitro groups is 1. The highest BCUT2D eigenvalue weighted by Gasteiger charge is 2.23. The molecular weight excluding hydrogens is 246 g/mol. The van der Waals surface area contributed by atoms with Crippen LogP contribution in [0.15, 0.2) is 18.2 Å². The van der Waals surface area contributed by atoms with Gasteiger partial charge >= 0.3 is 0 Å². The van der Waals surface area contributed by atoms with E-state index in [4.69, 9.17) is 5.11 Å². The van der Waals surface area contributed by atoms with Gasteiger partial charge in [-0.05, 0) is 18.6 Å². The maximum Gasteiger partial charge on any atom is 0.292 e. The van der Waals surface area contributed by atoms with E-state index in [9.17, 15) is 10.1 Å². The molecule has 0 amide bonds. The third-order valence-corrected chi connectivity index (χ3v) is 3.46. The highest BCUT2D eigenvalue weighted by molar-refractivity contribution is 5.64. The molecule has 1 heterocycles. The summed E-state index contributed by atoms with van der Waals surface area (Å²) in [6.07, 6.45) is 0. The van der Waals surface area contributed by atoms with Gasteiger partial charge in [0.25, 0.3) is 5.69 Å². The minimum atomic E-state index is -0.325. The molecule has 6 heteroatoms. The van der Waals surface area contributed by atoms with Crippen molar-refractivity contribution in [3.63, 3.8) is 0 Å². The molecule has 0 aromatic heterocycles. The first-order valence-corrected chi connectivity index (χ1v) is 6.45. The Labute approximate surface area is 112 Å². The summed E-state index contributed by atoms with van der Waals surface area (Å²) in [5.74, 6) is 0. The van der Waals surface area contributed by atoms with Crippen molar-refractivity contribution in [2.75, 3.05) is 44.2 Å². The first-order chi connectivity index (χ1) is 9.11. The number of hydrogen-bond acceptors (Lipinski definition) is 5. The van der Waals surface area contributed by atoms with Gasteiger partial charge < -0.3 is 10.0 Å². The van der Waals surface area contributed by atoms with E-state index in [0.29, 0.717) is 12.2 Å². The van der Waals surface area contributed by atoms with E-state index in [-0.39, 0.29) is 17.2 Å². The van der Waals surface area contributed by atoms with Gasteiger partial charge in [-0.1, -0.05) is 6.07 Å². The summed E-state index contributed by atoms with van der Waals surface area (Å²) < 4.78 is 0. The zero-order valence-electron chi connectivity index (χ0n) is 11.1. The number of hydrogen-bond donors (Lipinski definition) is 1. The summed E-state index contributed by atoms with van der Waals surface area (Å²) in [4.78, 5) is 15.0. The van der Waals surface area contributed by atoms with E-state index >= 15 is 0 Å². The van der Waals surface area contributed by atoms with Crippen molar-refractivity contribution in [2.24, 2.45) is 0 Å². The lowest BCUT2D eigenvalue weighted by Gasteiger charge is -2.35. The third-order valence-electron chi connectivity index (χ3n) is 3.46. The number of β-amino-alcohol motifs (C(OH)–C–C–N with tert-alkyl or cyclic N) is 1. The first-order valence-electron chi connectivity index (χ1n) is 6.45. The van der Waals surface area contributed by atoms with Crippen LogP contribution >= 0.6 is 0 Å². The highest BCUT2D eigenvalue weighted by Crippen LogP contribution is 2.29. The first kappa shape index (κ1) is 13.8. The van der Waals surface area contributed by atoms with Crippen LogP contribution in [0, 0.1) is 17.0 Å². The van der Waals surface area contributed by atoms with E-state index in [1.807, 2.05) is 13.0 Å². The Kier molecular flexibility index (Phi) is 4.34. The van der Waals surface area contributed by atoms with Crippen LogP contribution in [-0.2, 0) is 0 Å². The second-order valence-electron chi connectivity index (χ2n) is 4.80. The summed E-state index contributed by atoms with van der Waals surface area (Å²) in [6, 6.07) is 5.22. The lowest BCUT2D eigenvalue weighted by molar-refractivity contribution is -0.384. The van der Waals surface area contributed by atoms with E-state index in [1.165, 1.54) is 0 Å². The molecule has 0 bridgehead atoms. The molecule has 1 aliphatic heterocycles. The fraction of sp³-hybridized carbons (Fsp3) is 0.538. The Morgan fingerprint density at radius 3 is 2.58 bits per heavy atom. The maximum atomic E-state index is 11.1. The standard InChI is InChI=1S/C13H19N3O3/c1-11-2-3-12(16(18)19)13(10-11)15-6-4-14(5-7-15)8-9-17/h2-3,10,17H,4-9H2,1H3. The van der Waals surface area contributed by atoms with E-state index in [0.717, 1.165) is 31.7 Å². The average molecular weight is 265 g/mol. The van der Waals surface area contributed by atoms with Crippen LogP contribution in [0.1, 0.15) is 5.56 Å². The van der Waals surface area contributed by atoms with Crippen molar-refractivity contribution in [2.45, 2.75) is 6.92 Å². The van der Waals surface area contributed by atoms with Crippen LogP contribution in [-0.4, -0.2) is 54.3 Å². The van der Waals surface area contributed by atoms with Crippen LogP contribution in [0.2, 0.25) is 0 Å². The van der Waals surface area contributed by atoms with Gasteiger partial charge in [0, 0.05) is 38.8 Å². The molecule has 1 saturated heterocycles. The molecule has 1 aliphatic rings. The van der Waals surface area contributed by atoms with Gasteiger partial charge in [-0.3, -0.25) is 15.0 Å². The van der Waals surface area contributed by atoms with Gasteiger partial charge in [0.05, 0.1) is 11.5 Å². The van der Waals surface area contributed by atoms with Crippen molar-refractivity contribution in [1.29, 1.82) is 0 Å². The van der Waals surface area contributed by atoms with Crippen molar-refractivity contribution in [3.8, 4) is 0 Å². The van der Waals surface area contributed by atoms with E-state index in [1.54, 1.807) is 12.1 Å². The molecule has 6 nitrogen and oxygen atoms in total. The molecule has 19 heavy (non-hydrogen) atoms. The van der Waals surface area contributed by atoms with Gasteiger partial charge in [0.2, 0.25) is 0 Å². The predicted octanol–water partition coefficient (Wildman–Crippen LogP) is 1.02. The summed E-state index contributed by atoms with van der Waals surface area (Å²) in [6.45, 7) is 5.93. The Morgan fingerprint density at radius 2 is 2.00 bits per heavy atom. The van der Waals surface area contributed by atoms with Gasteiger partial charge in [0.15, 0.2) is 0 Å². The molecule has 104 valence electrons. The molecule has 0 atom stereocenters. The molecule has 1 fully saturated rings. The second kappa shape index (κ2) is 5.99. The molecule has 0 saturated carbocycles. The predicted molar refractivity (Wildman–Crippen MR) is 73.6 cm³/mol. The largest absolute Gasteiger partial charge is 0.395 e. The molecule has 0 aliphatic carbocycles. The minimum Gasteiger partial charge on any atom is -0.395 e. The number of aliphatic hydroxyl groups excluding tert-OH is 1. The average Bonchev–Trinajstić information content (AvgIpc) is 2.39. The monoisotopic (exact) mass is 265 g/mol. The van der Waals surface area contributed by atoms with E-state index in [2.05, 4.69) is 9.80 Å². The lowest BCUT2D eigenvalue weighted by atomic mass is 10.1. The number of aryl methyl sites for hydroxylation is 1. The van der Waals surface area contributed by atoms with Gasteiger partial charge in [0.1, 0.15) is 5.69 Å². The molecule has 0 spiro atoms. The van der Waals surface area contributed by atoms with Gasteiger partial charge in [-0.25, -0.2) is 0 Å². The van der Waals surface area contributed by atoms with Gasteiger partial charge in [-0.2, -0.15) is 0 Å². The van der Waals surface area contributed by atoms with Crippen molar-refractivity contribution < 1.29 is 10.0 Å². The number of rotatable bonds is 4. The highest BCUT2D eigenvalue weighted by atomic mass is 16.6. The van der Waals surface area contributed by atoms with Crippen molar-refractivity contribution in [1.82, 2.24) is 4.90 Å².